The molecule has 1 aliphatic heterocycles. The van der Waals surface area contributed by atoms with Crippen molar-refractivity contribution in [1.29, 1.82) is 0 Å². The van der Waals surface area contributed by atoms with E-state index in [1.54, 1.807) is 11.9 Å². The molecule has 1 fully saturated rings. The summed E-state index contributed by atoms with van der Waals surface area (Å²) in [6.45, 7) is 1.43. The quantitative estimate of drug-likeness (QED) is 0.874. The molecule has 0 spiro atoms. The van der Waals surface area contributed by atoms with Crippen molar-refractivity contribution in [2.24, 2.45) is 5.92 Å². The van der Waals surface area contributed by atoms with Crippen LogP contribution in [0, 0.1) is 5.92 Å². The third kappa shape index (κ3) is 3.27. The molecule has 1 saturated heterocycles. The van der Waals surface area contributed by atoms with E-state index in [1.807, 2.05) is 30.3 Å². The van der Waals surface area contributed by atoms with Crippen LogP contribution in [-0.4, -0.2) is 40.9 Å². The lowest BCUT2D eigenvalue weighted by Gasteiger charge is -2.38. The van der Waals surface area contributed by atoms with Crippen LogP contribution in [0.25, 0.3) is 0 Å². The van der Waals surface area contributed by atoms with Crippen LogP contribution in [-0.2, 0) is 14.4 Å². The summed E-state index contributed by atoms with van der Waals surface area (Å²) in [7, 11) is 1.68. The Kier molecular flexibility index (Phi) is 4.80. The van der Waals surface area contributed by atoms with E-state index in [0.717, 1.165) is 5.56 Å². The van der Waals surface area contributed by atoms with Gasteiger partial charge in [-0.15, -0.1) is 0 Å². The average molecular weight is 304 g/mol. The van der Waals surface area contributed by atoms with E-state index in [1.165, 1.54) is 6.92 Å². The highest BCUT2D eigenvalue weighted by molar-refractivity contribution is 5.87. The number of hydrogen-bond donors (Lipinski definition) is 2. The molecule has 1 aromatic carbocycles. The number of carbonyl (C=O) groups excluding carboxylic acids is 2. The molecule has 3 atom stereocenters. The molecule has 0 bridgehead atoms. The number of hydrogen-bond acceptors (Lipinski definition) is 3. The average Bonchev–Trinajstić information content (AvgIpc) is 2.50. The van der Waals surface area contributed by atoms with Gasteiger partial charge in [-0.3, -0.25) is 14.4 Å². The SMILES string of the molecule is CC(NC(=O)C1CCC(=O)N(C)C1c1ccccc1)C(=O)O. The standard InChI is InChI=1S/C16H20N2O4/c1-10(16(21)22)17-15(20)12-8-9-13(19)18(2)14(12)11-6-4-3-5-7-11/h3-7,10,12,14H,8-9H2,1-2H3,(H,17,20)(H,21,22). The molecule has 2 N–H and O–H groups in total. The minimum atomic E-state index is -1.08. The second-order valence-corrected chi connectivity index (χ2v) is 5.57. The fraction of sp³-hybridized carbons (Fsp3) is 0.438. The molecular formula is C16H20N2O4. The van der Waals surface area contributed by atoms with Gasteiger partial charge in [0.05, 0.1) is 12.0 Å². The molecule has 0 radical (unpaired) electrons. The fourth-order valence-electron chi connectivity index (χ4n) is 2.80. The van der Waals surface area contributed by atoms with Gasteiger partial charge in [-0.25, -0.2) is 0 Å². The van der Waals surface area contributed by atoms with Gasteiger partial charge in [0.1, 0.15) is 6.04 Å². The third-order valence-corrected chi connectivity index (χ3v) is 4.07. The number of piperidine rings is 1. The molecule has 0 aliphatic carbocycles. The highest BCUT2D eigenvalue weighted by atomic mass is 16.4. The van der Waals surface area contributed by atoms with Crippen molar-refractivity contribution in [2.45, 2.75) is 31.8 Å². The Labute approximate surface area is 129 Å². The van der Waals surface area contributed by atoms with Crippen molar-refractivity contribution in [1.82, 2.24) is 10.2 Å². The third-order valence-electron chi connectivity index (χ3n) is 4.07. The molecule has 118 valence electrons. The summed E-state index contributed by atoms with van der Waals surface area (Å²) in [5.41, 5.74) is 0.876. The summed E-state index contributed by atoms with van der Waals surface area (Å²) in [4.78, 5) is 36.9. The van der Waals surface area contributed by atoms with Crippen LogP contribution in [0.2, 0.25) is 0 Å². The summed E-state index contributed by atoms with van der Waals surface area (Å²) in [6.07, 6.45) is 0.709. The first-order chi connectivity index (χ1) is 10.4. The number of nitrogens with zero attached hydrogens (tertiary/aromatic N) is 1. The lowest BCUT2D eigenvalue weighted by atomic mass is 9.84. The van der Waals surface area contributed by atoms with Gasteiger partial charge in [-0.05, 0) is 18.9 Å². The van der Waals surface area contributed by atoms with Gasteiger partial charge >= 0.3 is 5.97 Å². The minimum absolute atomic E-state index is 0.0100. The topological polar surface area (TPSA) is 86.7 Å². The lowest BCUT2D eigenvalue weighted by molar-refractivity contribution is -0.146. The zero-order chi connectivity index (χ0) is 16.3. The smallest absolute Gasteiger partial charge is 0.325 e. The zero-order valence-corrected chi connectivity index (χ0v) is 12.7. The predicted molar refractivity (Wildman–Crippen MR) is 79.9 cm³/mol. The Bertz CT molecular complexity index is 573. The van der Waals surface area contributed by atoms with E-state index in [2.05, 4.69) is 5.32 Å². The summed E-state index contributed by atoms with van der Waals surface area (Å²) in [6, 6.07) is 8.01. The normalized spacial score (nSPS) is 23.0. The Morgan fingerprint density at radius 1 is 1.32 bits per heavy atom. The van der Waals surface area contributed by atoms with Gasteiger partial charge in [0.25, 0.3) is 0 Å². The number of carboxylic acid groups (broad SMARTS) is 1. The summed E-state index contributed by atoms with van der Waals surface area (Å²) in [5.74, 6) is -1.87. The van der Waals surface area contributed by atoms with Crippen molar-refractivity contribution < 1.29 is 19.5 Å². The van der Waals surface area contributed by atoms with Gasteiger partial charge < -0.3 is 15.3 Å². The van der Waals surface area contributed by atoms with Crippen LogP contribution in [0.3, 0.4) is 0 Å². The van der Waals surface area contributed by atoms with Crippen molar-refractivity contribution >= 4 is 17.8 Å². The highest BCUT2D eigenvalue weighted by Crippen LogP contribution is 2.35. The largest absolute Gasteiger partial charge is 0.480 e. The van der Waals surface area contributed by atoms with E-state index in [-0.39, 0.29) is 17.9 Å². The van der Waals surface area contributed by atoms with Crippen molar-refractivity contribution in [3.05, 3.63) is 35.9 Å². The van der Waals surface area contributed by atoms with E-state index in [4.69, 9.17) is 5.11 Å². The van der Waals surface area contributed by atoms with E-state index >= 15 is 0 Å². The monoisotopic (exact) mass is 304 g/mol. The van der Waals surface area contributed by atoms with Crippen LogP contribution >= 0.6 is 0 Å². The molecular weight excluding hydrogens is 284 g/mol. The Morgan fingerprint density at radius 2 is 1.95 bits per heavy atom. The van der Waals surface area contributed by atoms with E-state index < -0.39 is 17.9 Å². The maximum absolute atomic E-state index is 12.4. The highest BCUT2D eigenvalue weighted by Gasteiger charge is 2.39. The van der Waals surface area contributed by atoms with E-state index in [0.29, 0.717) is 12.8 Å². The van der Waals surface area contributed by atoms with Crippen LogP contribution in [0.15, 0.2) is 30.3 Å². The first-order valence-corrected chi connectivity index (χ1v) is 7.25. The number of benzene rings is 1. The summed E-state index contributed by atoms with van der Waals surface area (Å²) in [5, 5.41) is 11.4. The van der Waals surface area contributed by atoms with Crippen molar-refractivity contribution in [3.8, 4) is 0 Å². The van der Waals surface area contributed by atoms with Gasteiger partial charge in [0.15, 0.2) is 0 Å². The first kappa shape index (κ1) is 16.0. The van der Waals surface area contributed by atoms with Crippen molar-refractivity contribution in [3.63, 3.8) is 0 Å². The van der Waals surface area contributed by atoms with Gasteiger partial charge in [-0.2, -0.15) is 0 Å². The molecule has 1 aromatic rings. The summed E-state index contributed by atoms with van der Waals surface area (Å²) < 4.78 is 0. The maximum Gasteiger partial charge on any atom is 0.325 e. The molecule has 0 aromatic heterocycles. The number of rotatable bonds is 4. The van der Waals surface area contributed by atoms with Crippen molar-refractivity contribution in [2.75, 3.05) is 7.05 Å². The number of carbonyl (C=O) groups is 3. The molecule has 0 saturated carbocycles. The fourth-order valence-corrected chi connectivity index (χ4v) is 2.80. The Balaban J connectivity index is 2.25. The van der Waals surface area contributed by atoms with Crippen LogP contribution in [0.5, 0.6) is 0 Å². The number of carboxylic acids is 1. The minimum Gasteiger partial charge on any atom is -0.480 e. The lowest BCUT2D eigenvalue weighted by Crippen LogP contribution is -2.49. The summed E-state index contributed by atoms with van der Waals surface area (Å²) >= 11 is 0. The molecule has 6 heteroatoms. The molecule has 1 heterocycles. The molecule has 1 aliphatic rings. The van der Waals surface area contributed by atoms with Crippen LogP contribution in [0.4, 0.5) is 0 Å². The van der Waals surface area contributed by atoms with Crippen LogP contribution < -0.4 is 5.32 Å². The molecule has 3 unspecified atom stereocenters. The molecule has 6 nitrogen and oxygen atoms in total. The second kappa shape index (κ2) is 6.60. The Hall–Kier alpha value is -2.37. The predicted octanol–water partition coefficient (Wildman–Crippen LogP) is 1.19. The maximum atomic E-state index is 12.4. The number of amides is 2. The number of aliphatic carboxylic acids is 1. The second-order valence-electron chi connectivity index (χ2n) is 5.57. The van der Waals surface area contributed by atoms with Gasteiger partial charge in [-0.1, -0.05) is 30.3 Å². The molecule has 2 rings (SSSR count). The number of nitrogens with one attached hydrogen (secondary N) is 1. The zero-order valence-electron chi connectivity index (χ0n) is 12.7. The first-order valence-electron chi connectivity index (χ1n) is 7.25. The Morgan fingerprint density at radius 3 is 2.55 bits per heavy atom. The van der Waals surface area contributed by atoms with E-state index in [9.17, 15) is 14.4 Å². The molecule has 2 amide bonds. The van der Waals surface area contributed by atoms with Gasteiger partial charge in [0, 0.05) is 13.5 Å². The molecule has 22 heavy (non-hydrogen) atoms. The van der Waals surface area contributed by atoms with Crippen LogP contribution in [0.1, 0.15) is 31.4 Å². The number of likely N-dealkylation sites (tertiary alicyclic amines) is 1. The van der Waals surface area contributed by atoms with Gasteiger partial charge in [0.2, 0.25) is 11.8 Å².